The molecule has 2 nitrogen and oxygen atoms in total. The molecule has 0 saturated heterocycles. The quantitative estimate of drug-likeness (QED) is 0.277. The lowest BCUT2D eigenvalue weighted by atomic mass is 10.1. The van der Waals surface area contributed by atoms with Gasteiger partial charge in [-0.1, -0.05) is 47.5 Å². The van der Waals surface area contributed by atoms with Gasteiger partial charge in [0.2, 0.25) is 0 Å². The second kappa shape index (κ2) is 6.78. The maximum absolute atomic E-state index is 13.4. The summed E-state index contributed by atoms with van der Waals surface area (Å²) >= 11 is 12.1. The Balaban J connectivity index is 2.11. The third-order valence-electron chi connectivity index (χ3n) is 3.60. The lowest BCUT2D eigenvalue weighted by molar-refractivity contribution is -0.138. The van der Waals surface area contributed by atoms with Gasteiger partial charge in [-0.2, -0.15) is 13.2 Å². The van der Waals surface area contributed by atoms with Crippen LogP contribution in [0.25, 0.3) is 10.8 Å². The number of esters is 1. The van der Waals surface area contributed by atoms with Crippen LogP contribution in [0.4, 0.5) is 17.6 Å². The highest BCUT2D eigenvalue weighted by Crippen LogP contribution is 2.39. The number of rotatable bonds is 2. The van der Waals surface area contributed by atoms with Crippen molar-refractivity contribution in [1.82, 2.24) is 0 Å². The Kier molecular flexibility index (Phi) is 4.82. The molecule has 8 heteroatoms. The largest absolute Gasteiger partial charge is 0.421 e. The zero-order valence-electron chi connectivity index (χ0n) is 12.7. The summed E-state index contributed by atoms with van der Waals surface area (Å²) in [6, 6.07) is 9.36. The molecule has 0 unspecified atom stereocenters. The first-order valence-electron chi connectivity index (χ1n) is 7.14. The van der Waals surface area contributed by atoms with Crippen molar-refractivity contribution in [2.75, 3.05) is 0 Å². The van der Waals surface area contributed by atoms with E-state index in [4.69, 9.17) is 27.9 Å². The summed E-state index contributed by atoms with van der Waals surface area (Å²) in [5.74, 6) is -2.54. The van der Waals surface area contributed by atoms with E-state index in [-0.39, 0.29) is 15.8 Å². The molecule has 0 N–H and O–H groups in total. The van der Waals surface area contributed by atoms with E-state index < -0.39 is 29.1 Å². The monoisotopic (exact) mass is 402 g/mol. The number of carbonyl (C=O) groups excluding carboxylic acids is 1. The summed E-state index contributed by atoms with van der Waals surface area (Å²) in [7, 11) is 0. The normalized spacial score (nSPS) is 11.6. The van der Waals surface area contributed by atoms with E-state index in [1.807, 2.05) is 0 Å². The summed E-state index contributed by atoms with van der Waals surface area (Å²) in [4.78, 5) is 12.3. The van der Waals surface area contributed by atoms with E-state index in [2.05, 4.69) is 0 Å². The summed E-state index contributed by atoms with van der Waals surface area (Å²) in [5.41, 5.74) is -2.26. The molecular weight excluding hydrogens is 395 g/mol. The SMILES string of the molecule is O=C(Oc1c(Cl)cc(Cl)c2ccccc12)c1cc(F)ccc1C(F)(F)F. The Hall–Kier alpha value is -2.31. The van der Waals surface area contributed by atoms with Crippen LogP contribution in [-0.4, -0.2) is 5.97 Å². The molecule has 26 heavy (non-hydrogen) atoms. The second-order valence-electron chi connectivity index (χ2n) is 5.29. The van der Waals surface area contributed by atoms with Gasteiger partial charge in [0, 0.05) is 10.8 Å². The van der Waals surface area contributed by atoms with E-state index in [1.54, 1.807) is 24.3 Å². The number of halogens is 6. The van der Waals surface area contributed by atoms with Gasteiger partial charge in [-0.25, -0.2) is 9.18 Å². The van der Waals surface area contributed by atoms with E-state index in [0.29, 0.717) is 29.0 Å². The van der Waals surface area contributed by atoms with Crippen LogP contribution >= 0.6 is 23.2 Å². The van der Waals surface area contributed by atoms with Crippen molar-refractivity contribution in [2.24, 2.45) is 0 Å². The number of fused-ring (bicyclic) bond motifs is 1. The molecule has 3 aromatic carbocycles. The van der Waals surface area contributed by atoms with Gasteiger partial charge in [0.1, 0.15) is 5.82 Å². The highest BCUT2D eigenvalue weighted by atomic mass is 35.5. The summed E-state index contributed by atoms with van der Waals surface area (Å²) < 4.78 is 57.8. The Labute approximate surface area is 154 Å². The lowest BCUT2D eigenvalue weighted by Crippen LogP contribution is -2.17. The van der Waals surface area contributed by atoms with E-state index in [0.717, 1.165) is 0 Å². The fourth-order valence-corrected chi connectivity index (χ4v) is 3.04. The number of hydrogen-bond acceptors (Lipinski definition) is 2. The molecule has 0 saturated carbocycles. The third kappa shape index (κ3) is 3.48. The molecule has 0 amide bonds. The summed E-state index contributed by atoms with van der Waals surface area (Å²) in [6.45, 7) is 0. The van der Waals surface area contributed by atoms with Gasteiger partial charge in [-0.15, -0.1) is 0 Å². The molecule has 0 spiro atoms. The Morgan fingerprint density at radius 1 is 0.923 bits per heavy atom. The van der Waals surface area contributed by atoms with Crippen LogP contribution in [-0.2, 0) is 6.18 Å². The van der Waals surface area contributed by atoms with Crippen LogP contribution in [0.15, 0.2) is 48.5 Å². The van der Waals surface area contributed by atoms with Gasteiger partial charge in [0.25, 0.3) is 0 Å². The Bertz CT molecular complexity index is 1020. The van der Waals surface area contributed by atoms with Crippen molar-refractivity contribution in [1.29, 1.82) is 0 Å². The highest BCUT2D eigenvalue weighted by Gasteiger charge is 2.36. The molecule has 3 aromatic rings. The zero-order valence-corrected chi connectivity index (χ0v) is 14.2. The smallest absolute Gasteiger partial charge is 0.417 e. The van der Waals surface area contributed by atoms with Crippen LogP contribution in [0, 0.1) is 5.82 Å². The van der Waals surface area contributed by atoms with Crippen LogP contribution in [0.5, 0.6) is 5.75 Å². The summed E-state index contributed by atoms with van der Waals surface area (Å²) in [5, 5.41) is 1.05. The van der Waals surface area contributed by atoms with Crippen molar-refractivity contribution in [2.45, 2.75) is 6.18 Å². The minimum absolute atomic E-state index is 0.0630. The van der Waals surface area contributed by atoms with Crippen LogP contribution in [0.3, 0.4) is 0 Å². The average Bonchev–Trinajstić information content (AvgIpc) is 2.57. The van der Waals surface area contributed by atoms with Gasteiger partial charge in [0.15, 0.2) is 5.75 Å². The molecule has 0 aromatic heterocycles. The fourth-order valence-electron chi connectivity index (χ4n) is 2.46. The number of benzene rings is 3. The highest BCUT2D eigenvalue weighted by molar-refractivity contribution is 6.40. The van der Waals surface area contributed by atoms with Gasteiger partial charge < -0.3 is 4.74 Å². The van der Waals surface area contributed by atoms with Crippen LogP contribution < -0.4 is 4.74 Å². The van der Waals surface area contributed by atoms with Gasteiger partial charge in [-0.3, -0.25) is 0 Å². The molecular formula is C18H8Cl2F4O2. The van der Waals surface area contributed by atoms with Gasteiger partial charge in [-0.05, 0) is 24.3 Å². The molecule has 0 aliphatic heterocycles. The van der Waals surface area contributed by atoms with E-state index in [9.17, 15) is 22.4 Å². The molecule has 0 aliphatic rings. The minimum atomic E-state index is -4.85. The molecule has 0 heterocycles. The molecule has 0 radical (unpaired) electrons. The zero-order chi connectivity index (χ0) is 19.1. The van der Waals surface area contributed by atoms with E-state index in [1.165, 1.54) is 6.07 Å². The van der Waals surface area contributed by atoms with Gasteiger partial charge >= 0.3 is 12.1 Å². The molecule has 0 aliphatic carbocycles. The van der Waals surface area contributed by atoms with Crippen molar-refractivity contribution < 1.29 is 27.1 Å². The lowest BCUT2D eigenvalue weighted by Gasteiger charge is -2.14. The molecule has 0 atom stereocenters. The maximum Gasteiger partial charge on any atom is 0.417 e. The minimum Gasteiger partial charge on any atom is -0.421 e. The second-order valence-corrected chi connectivity index (χ2v) is 6.11. The molecule has 0 bridgehead atoms. The number of hydrogen-bond donors (Lipinski definition) is 0. The van der Waals surface area contributed by atoms with Gasteiger partial charge in [0.05, 0.1) is 21.2 Å². The standard InChI is InChI=1S/C18H8Cl2F4O2/c19-14-8-15(20)16(11-4-2-1-3-10(11)14)26-17(25)12-7-9(21)5-6-13(12)18(22,23)24/h1-8H. The molecule has 134 valence electrons. The first kappa shape index (κ1) is 18.5. The van der Waals surface area contributed by atoms with Crippen molar-refractivity contribution in [3.8, 4) is 5.75 Å². The molecule has 3 rings (SSSR count). The maximum atomic E-state index is 13.4. The van der Waals surface area contributed by atoms with Crippen LogP contribution in [0.1, 0.15) is 15.9 Å². The fraction of sp³-hybridized carbons (Fsp3) is 0.0556. The molecule has 0 fully saturated rings. The Morgan fingerprint density at radius 2 is 1.58 bits per heavy atom. The average molecular weight is 403 g/mol. The summed E-state index contributed by atoms with van der Waals surface area (Å²) in [6.07, 6.45) is -4.85. The predicted octanol–water partition coefficient (Wildman–Crippen LogP) is 6.52. The van der Waals surface area contributed by atoms with Crippen molar-refractivity contribution in [3.05, 3.63) is 75.5 Å². The van der Waals surface area contributed by atoms with E-state index >= 15 is 0 Å². The topological polar surface area (TPSA) is 26.3 Å². The van der Waals surface area contributed by atoms with Crippen molar-refractivity contribution >= 4 is 39.9 Å². The third-order valence-corrected chi connectivity index (χ3v) is 4.19. The predicted molar refractivity (Wildman–Crippen MR) is 90.3 cm³/mol. The van der Waals surface area contributed by atoms with Crippen LogP contribution in [0.2, 0.25) is 10.0 Å². The number of carbonyl (C=O) groups is 1. The number of ether oxygens (including phenoxy) is 1. The Morgan fingerprint density at radius 3 is 2.23 bits per heavy atom. The first-order chi connectivity index (χ1) is 12.2. The first-order valence-corrected chi connectivity index (χ1v) is 7.89. The van der Waals surface area contributed by atoms with Crippen molar-refractivity contribution in [3.63, 3.8) is 0 Å². The number of alkyl halides is 3.